The summed E-state index contributed by atoms with van der Waals surface area (Å²) >= 11 is 0. The molecule has 124 valence electrons. The van der Waals surface area contributed by atoms with Gasteiger partial charge in [-0.25, -0.2) is 0 Å². The van der Waals surface area contributed by atoms with Crippen molar-refractivity contribution in [2.24, 2.45) is 0 Å². The second kappa shape index (κ2) is 6.67. The number of para-hydroxylation sites is 1. The minimum absolute atomic E-state index is 0.0148. The zero-order chi connectivity index (χ0) is 17.1. The number of hydrogen-bond acceptors (Lipinski definition) is 5. The van der Waals surface area contributed by atoms with E-state index in [-0.39, 0.29) is 35.6 Å². The number of nitrogens with zero attached hydrogens (tertiary/aromatic N) is 2. The van der Waals surface area contributed by atoms with E-state index in [9.17, 15) is 14.9 Å². The van der Waals surface area contributed by atoms with Crippen molar-refractivity contribution >= 4 is 17.3 Å². The first-order chi connectivity index (χ1) is 11.6. The molecule has 0 spiro atoms. The minimum Gasteiger partial charge on any atom is -0.490 e. The van der Waals surface area contributed by atoms with Gasteiger partial charge in [-0.2, -0.15) is 0 Å². The van der Waals surface area contributed by atoms with Crippen LogP contribution < -0.4 is 9.64 Å². The molecular formula is C17H16N2O5. The fourth-order valence-electron chi connectivity index (χ4n) is 2.22. The molecule has 2 aromatic rings. The Balaban J connectivity index is 1.89. The first-order valence-electron chi connectivity index (χ1n) is 7.42. The van der Waals surface area contributed by atoms with E-state index < -0.39 is 4.92 Å². The molecule has 0 aliphatic carbocycles. The van der Waals surface area contributed by atoms with E-state index in [4.69, 9.17) is 9.47 Å². The first kappa shape index (κ1) is 15.9. The summed E-state index contributed by atoms with van der Waals surface area (Å²) in [6.45, 7) is 0.860. The van der Waals surface area contributed by atoms with Crippen LogP contribution in [-0.2, 0) is 4.74 Å². The number of epoxide rings is 1. The van der Waals surface area contributed by atoms with Crippen LogP contribution in [0.2, 0.25) is 0 Å². The Kier molecular flexibility index (Phi) is 4.43. The van der Waals surface area contributed by atoms with Crippen molar-refractivity contribution in [2.75, 3.05) is 25.2 Å². The second-order valence-corrected chi connectivity index (χ2v) is 5.40. The Morgan fingerprint density at radius 1 is 1.33 bits per heavy atom. The van der Waals surface area contributed by atoms with Crippen LogP contribution in [0.5, 0.6) is 5.75 Å². The zero-order valence-corrected chi connectivity index (χ0v) is 13.0. The topological polar surface area (TPSA) is 85.2 Å². The molecule has 1 atom stereocenters. The third-order valence-corrected chi connectivity index (χ3v) is 3.68. The van der Waals surface area contributed by atoms with Crippen LogP contribution in [0.4, 0.5) is 11.4 Å². The fourth-order valence-corrected chi connectivity index (χ4v) is 2.22. The largest absolute Gasteiger partial charge is 0.490 e. The maximum Gasteiger partial charge on any atom is 0.273 e. The van der Waals surface area contributed by atoms with Crippen molar-refractivity contribution in [1.29, 1.82) is 0 Å². The van der Waals surface area contributed by atoms with Crippen molar-refractivity contribution in [3.05, 3.63) is 64.2 Å². The summed E-state index contributed by atoms with van der Waals surface area (Å²) in [6, 6.07) is 13.1. The average Bonchev–Trinajstić information content (AvgIpc) is 3.43. The van der Waals surface area contributed by atoms with Crippen LogP contribution in [0, 0.1) is 10.1 Å². The molecule has 3 rings (SSSR count). The summed E-state index contributed by atoms with van der Waals surface area (Å²) in [6.07, 6.45) is -0.0148. The summed E-state index contributed by atoms with van der Waals surface area (Å²) < 4.78 is 10.7. The highest BCUT2D eigenvalue weighted by Gasteiger charge is 2.26. The maximum absolute atomic E-state index is 12.8. The average molecular weight is 328 g/mol. The molecule has 0 bridgehead atoms. The second-order valence-electron chi connectivity index (χ2n) is 5.40. The Hall–Kier alpha value is -2.93. The number of benzene rings is 2. The Bertz CT molecular complexity index is 759. The molecule has 1 fully saturated rings. The molecule has 24 heavy (non-hydrogen) atoms. The first-order valence-corrected chi connectivity index (χ1v) is 7.42. The van der Waals surface area contributed by atoms with E-state index in [2.05, 4.69) is 0 Å². The molecular weight excluding hydrogens is 312 g/mol. The van der Waals surface area contributed by atoms with E-state index in [0.29, 0.717) is 6.61 Å². The van der Waals surface area contributed by atoms with Gasteiger partial charge in [-0.1, -0.05) is 18.2 Å². The van der Waals surface area contributed by atoms with Gasteiger partial charge in [-0.3, -0.25) is 14.9 Å². The van der Waals surface area contributed by atoms with Crippen LogP contribution in [0.15, 0.2) is 48.5 Å². The molecule has 0 aromatic heterocycles. The van der Waals surface area contributed by atoms with Gasteiger partial charge in [0.1, 0.15) is 18.5 Å². The molecule has 1 saturated heterocycles. The van der Waals surface area contributed by atoms with Gasteiger partial charge in [0.05, 0.1) is 23.2 Å². The highest BCUT2D eigenvalue weighted by Crippen LogP contribution is 2.28. The molecule has 1 heterocycles. The van der Waals surface area contributed by atoms with Gasteiger partial charge < -0.3 is 14.4 Å². The van der Waals surface area contributed by atoms with Gasteiger partial charge in [-0.15, -0.1) is 0 Å². The summed E-state index contributed by atoms with van der Waals surface area (Å²) in [7, 11) is 1.65. The lowest BCUT2D eigenvalue weighted by Crippen LogP contribution is -2.27. The third kappa shape index (κ3) is 3.52. The van der Waals surface area contributed by atoms with Gasteiger partial charge in [-0.05, 0) is 18.2 Å². The number of anilines is 1. The number of carbonyl (C=O) groups excluding carboxylic acids is 1. The SMILES string of the molecule is CN(C(=O)c1ccc([N+](=O)[O-])cc1OCC1CO1)c1ccccc1. The maximum atomic E-state index is 12.8. The molecule has 0 saturated carbocycles. The highest BCUT2D eigenvalue weighted by molar-refractivity contribution is 6.07. The molecule has 7 nitrogen and oxygen atoms in total. The van der Waals surface area contributed by atoms with Crippen molar-refractivity contribution in [3.63, 3.8) is 0 Å². The lowest BCUT2D eigenvalue weighted by Gasteiger charge is -2.19. The monoisotopic (exact) mass is 328 g/mol. The Morgan fingerprint density at radius 3 is 2.67 bits per heavy atom. The number of ether oxygens (including phenoxy) is 2. The highest BCUT2D eigenvalue weighted by atomic mass is 16.6. The smallest absolute Gasteiger partial charge is 0.273 e. The fraction of sp³-hybridized carbons (Fsp3) is 0.235. The van der Waals surface area contributed by atoms with E-state index in [0.717, 1.165) is 5.69 Å². The number of nitro benzene ring substituents is 1. The molecule has 0 radical (unpaired) electrons. The predicted octanol–water partition coefficient (Wildman–Crippen LogP) is 2.65. The van der Waals surface area contributed by atoms with Crippen LogP contribution in [0.1, 0.15) is 10.4 Å². The number of rotatable bonds is 6. The Morgan fingerprint density at radius 2 is 2.04 bits per heavy atom. The molecule has 7 heteroatoms. The van der Waals surface area contributed by atoms with Crippen molar-refractivity contribution in [2.45, 2.75) is 6.10 Å². The quantitative estimate of drug-likeness (QED) is 0.462. The van der Waals surface area contributed by atoms with E-state index in [1.165, 1.54) is 23.1 Å². The molecule has 1 aliphatic heterocycles. The lowest BCUT2D eigenvalue weighted by atomic mass is 10.1. The number of nitro groups is 1. The number of carbonyl (C=O) groups is 1. The molecule has 1 unspecified atom stereocenters. The van der Waals surface area contributed by atoms with Gasteiger partial charge in [0.2, 0.25) is 0 Å². The summed E-state index contributed by atoms with van der Waals surface area (Å²) in [5.41, 5.74) is 0.866. The van der Waals surface area contributed by atoms with E-state index >= 15 is 0 Å². The van der Waals surface area contributed by atoms with Gasteiger partial charge >= 0.3 is 0 Å². The minimum atomic E-state index is -0.518. The van der Waals surface area contributed by atoms with Crippen molar-refractivity contribution in [1.82, 2.24) is 0 Å². The zero-order valence-electron chi connectivity index (χ0n) is 13.0. The Labute approximate surface area is 138 Å². The van der Waals surface area contributed by atoms with Crippen LogP contribution >= 0.6 is 0 Å². The van der Waals surface area contributed by atoms with Crippen LogP contribution in [-0.4, -0.2) is 37.2 Å². The standard InChI is InChI=1S/C17H16N2O5/c1-18(12-5-3-2-4-6-12)17(20)15-8-7-13(19(21)22)9-16(15)24-11-14-10-23-14/h2-9,14H,10-11H2,1H3. The van der Waals surface area contributed by atoms with E-state index in [1.54, 1.807) is 7.05 Å². The third-order valence-electron chi connectivity index (χ3n) is 3.68. The van der Waals surface area contributed by atoms with Crippen molar-refractivity contribution in [3.8, 4) is 5.75 Å². The summed E-state index contributed by atoms with van der Waals surface area (Å²) in [4.78, 5) is 24.7. The number of amides is 1. The van der Waals surface area contributed by atoms with Crippen LogP contribution in [0.25, 0.3) is 0 Å². The van der Waals surface area contributed by atoms with Crippen LogP contribution in [0.3, 0.4) is 0 Å². The number of hydrogen-bond donors (Lipinski definition) is 0. The predicted molar refractivity (Wildman–Crippen MR) is 87.5 cm³/mol. The lowest BCUT2D eigenvalue weighted by molar-refractivity contribution is -0.384. The van der Waals surface area contributed by atoms with Gasteiger partial charge in [0.25, 0.3) is 11.6 Å². The number of non-ortho nitro benzene ring substituents is 1. The molecule has 1 aliphatic rings. The molecule has 1 amide bonds. The molecule has 2 aromatic carbocycles. The normalized spacial score (nSPS) is 15.6. The van der Waals surface area contributed by atoms with Gasteiger partial charge in [0, 0.05) is 18.8 Å². The van der Waals surface area contributed by atoms with E-state index in [1.807, 2.05) is 30.3 Å². The summed E-state index contributed by atoms with van der Waals surface area (Å²) in [5.74, 6) is -0.115. The van der Waals surface area contributed by atoms with Crippen molar-refractivity contribution < 1.29 is 19.2 Å². The van der Waals surface area contributed by atoms with Gasteiger partial charge in [0.15, 0.2) is 0 Å². The molecule has 0 N–H and O–H groups in total. The summed E-state index contributed by atoms with van der Waals surface area (Å²) in [5, 5.41) is 11.0.